The Kier molecular flexibility index (Phi) is 5.85. The highest BCUT2D eigenvalue weighted by atomic mass is 32.2. The Morgan fingerprint density at radius 3 is 2.50 bits per heavy atom. The van der Waals surface area contributed by atoms with Crippen LogP contribution in [0.15, 0.2) is 0 Å². The van der Waals surface area contributed by atoms with Gasteiger partial charge in [0, 0.05) is 65.0 Å². The molecule has 22 heavy (non-hydrogen) atoms. The first-order valence-corrected chi connectivity index (χ1v) is 10.2. The van der Waals surface area contributed by atoms with Crippen LogP contribution in [-0.2, 0) is 14.6 Å². The van der Waals surface area contributed by atoms with Gasteiger partial charge in [-0.05, 0) is 12.3 Å². The van der Waals surface area contributed by atoms with Gasteiger partial charge in [-0.2, -0.15) is 0 Å². The summed E-state index contributed by atoms with van der Waals surface area (Å²) in [6.45, 7) is 10.0. The number of nitrogens with zero attached hydrogens (tertiary/aromatic N) is 3. The average molecular weight is 331 g/mol. The van der Waals surface area contributed by atoms with E-state index in [9.17, 15) is 13.2 Å². The normalized spacial score (nSPS) is 28.8. The maximum Gasteiger partial charge on any atom is 0.219 e. The van der Waals surface area contributed by atoms with E-state index >= 15 is 0 Å². The van der Waals surface area contributed by atoms with Gasteiger partial charge in [0.15, 0.2) is 0 Å². The largest absolute Gasteiger partial charge is 0.342 e. The molecule has 2 saturated heterocycles. The number of amides is 1. The van der Waals surface area contributed by atoms with Crippen LogP contribution >= 0.6 is 0 Å². The van der Waals surface area contributed by atoms with Crippen LogP contribution in [-0.4, -0.2) is 92.9 Å². The lowest BCUT2D eigenvalue weighted by Crippen LogP contribution is -2.43. The fraction of sp³-hybridized carbons (Fsp3) is 0.933. The molecule has 0 aromatic carbocycles. The van der Waals surface area contributed by atoms with E-state index in [0.29, 0.717) is 18.5 Å². The average Bonchev–Trinajstić information content (AvgIpc) is 2.63. The number of carbonyl (C=O) groups is 1. The van der Waals surface area contributed by atoms with Crippen molar-refractivity contribution in [3.63, 3.8) is 0 Å². The molecule has 0 spiro atoms. The van der Waals surface area contributed by atoms with Gasteiger partial charge in [-0.25, -0.2) is 8.42 Å². The molecule has 6 nitrogen and oxygen atoms in total. The lowest BCUT2D eigenvalue weighted by atomic mass is 10.0. The first-order chi connectivity index (χ1) is 10.3. The van der Waals surface area contributed by atoms with Gasteiger partial charge in [-0.15, -0.1) is 0 Å². The third kappa shape index (κ3) is 4.93. The second-order valence-corrected chi connectivity index (χ2v) is 9.09. The Balaban J connectivity index is 1.88. The van der Waals surface area contributed by atoms with Gasteiger partial charge >= 0.3 is 0 Å². The Labute approximate surface area is 134 Å². The van der Waals surface area contributed by atoms with Crippen LogP contribution in [0.4, 0.5) is 0 Å². The molecule has 2 aliphatic rings. The van der Waals surface area contributed by atoms with E-state index in [1.165, 1.54) is 6.26 Å². The molecule has 0 saturated carbocycles. The smallest absolute Gasteiger partial charge is 0.219 e. The SMILES string of the molecule is CC(=O)N1CCCN([C@@H]2CN(CCS(C)(=O)=O)C[C@H]2C)CC1. The Bertz CT molecular complexity index is 494. The maximum absolute atomic E-state index is 11.5. The summed E-state index contributed by atoms with van der Waals surface area (Å²) in [6.07, 6.45) is 2.32. The molecule has 0 aromatic rings. The molecular weight excluding hydrogens is 302 g/mol. The molecule has 2 fully saturated rings. The van der Waals surface area contributed by atoms with Crippen LogP contribution in [0.3, 0.4) is 0 Å². The van der Waals surface area contributed by atoms with E-state index in [0.717, 1.165) is 45.7 Å². The minimum absolute atomic E-state index is 0.163. The fourth-order valence-corrected chi connectivity index (χ4v) is 4.17. The predicted octanol–water partition coefficient (Wildman–Crippen LogP) is -0.0945. The Hall–Kier alpha value is -0.660. The molecule has 2 heterocycles. The molecule has 1 amide bonds. The monoisotopic (exact) mass is 331 g/mol. The number of hydrogen-bond acceptors (Lipinski definition) is 5. The summed E-state index contributed by atoms with van der Waals surface area (Å²) in [7, 11) is -2.89. The van der Waals surface area contributed by atoms with Gasteiger partial charge < -0.3 is 9.80 Å². The molecule has 0 bridgehead atoms. The van der Waals surface area contributed by atoms with Crippen molar-refractivity contribution in [1.82, 2.24) is 14.7 Å². The third-order valence-corrected chi connectivity index (χ3v) is 5.80. The summed E-state index contributed by atoms with van der Waals surface area (Å²) in [5.41, 5.74) is 0. The van der Waals surface area contributed by atoms with Crippen molar-refractivity contribution in [3.05, 3.63) is 0 Å². The van der Waals surface area contributed by atoms with Crippen molar-refractivity contribution in [2.45, 2.75) is 26.3 Å². The van der Waals surface area contributed by atoms with Crippen LogP contribution < -0.4 is 0 Å². The highest BCUT2D eigenvalue weighted by Gasteiger charge is 2.34. The Morgan fingerprint density at radius 1 is 1.14 bits per heavy atom. The van der Waals surface area contributed by atoms with E-state index in [2.05, 4.69) is 16.7 Å². The fourth-order valence-electron chi connectivity index (χ4n) is 3.58. The number of hydrogen-bond donors (Lipinski definition) is 0. The van der Waals surface area contributed by atoms with Gasteiger partial charge in [-0.1, -0.05) is 6.92 Å². The third-order valence-electron chi connectivity index (χ3n) is 4.87. The molecule has 0 unspecified atom stereocenters. The van der Waals surface area contributed by atoms with Crippen LogP contribution in [0.1, 0.15) is 20.3 Å². The summed E-state index contributed by atoms with van der Waals surface area (Å²) in [4.78, 5) is 18.2. The molecule has 0 aliphatic carbocycles. The minimum Gasteiger partial charge on any atom is -0.342 e. The first-order valence-electron chi connectivity index (χ1n) is 8.16. The molecule has 0 radical (unpaired) electrons. The second-order valence-electron chi connectivity index (χ2n) is 6.83. The highest BCUT2D eigenvalue weighted by Crippen LogP contribution is 2.23. The lowest BCUT2D eigenvalue weighted by Gasteiger charge is -2.30. The predicted molar refractivity (Wildman–Crippen MR) is 87.5 cm³/mol. The second kappa shape index (κ2) is 7.27. The number of rotatable bonds is 4. The molecule has 2 atom stereocenters. The van der Waals surface area contributed by atoms with Gasteiger partial charge in [0.2, 0.25) is 5.91 Å². The van der Waals surface area contributed by atoms with E-state index in [4.69, 9.17) is 0 Å². The van der Waals surface area contributed by atoms with E-state index in [-0.39, 0.29) is 11.7 Å². The van der Waals surface area contributed by atoms with Gasteiger partial charge in [-0.3, -0.25) is 9.69 Å². The summed E-state index contributed by atoms with van der Waals surface area (Å²) in [6, 6.07) is 0.478. The van der Waals surface area contributed by atoms with Crippen molar-refractivity contribution in [1.29, 1.82) is 0 Å². The zero-order valence-electron chi connectivity index (χ0n) is 14.0. The van der Waals surface area contributed by atoms with Crippen LogP contribution in [0.5, 0.6) is 0 Å². The molecule has 128 valence electrons. The summed E-state index contributed by atoms with van der Waals surface area (Å²) in [5.74, 6) is 0.949. The molecule has 2 aliphatic heterocycles. The van der Waals surface area contributed by atoms with Crippen LogP contribution in [0, 0.1) is 5.92 Å². The van der Waals surface area contributed by atoms with Gasteiger partial charge in [0.25, 0.3) is 0 Å². The van der Waals surface area contributed by atoms with Crippen molar-refractivity contribution in [2.75, 3.05) is 57.8 Å². The standard InChI is InChI=1S/C15H29N3O3S/c1-13-11-16(9-10-22(3,20)21)12-15(13)18-6-4-5-17(7-8-18)14(2)19/h13,15H,4-12H2,1-3H3/t13-,15-/m1/s1. The van der Waals surface area contributed by atoms with Crippen molar-refractivity contribution in [3.8, 4) is 0 Å². The summed E-state index contributed by atoms with van der Waals surface area (Å²) < 4.78 is 22.6. The zero-order valence-corrected chi connectivity index (χ0v) is 14.8. The quantitative estimate of drug-likeness (QED) is 0.720. The topological polar surface area (TPSA) is 60.9 Å². The summed E-state index contributed by atoms with van der Waals surface area (Å²) in [5, 5.41) is 0. The summed E-state index contributed by atoms with van der Waals surface area (Å²) >= 11 is 0. The molecule has 7 heteroatoms. The van der Waals surface area contributed by atoms with Crippen LogP contribution in [0.2, 0.25) is 0 Å². The van der Waals surface area contributed by atoms with Gasteiger partial charge in [0.05, 0.1) is 5.75 Å². The van der Waals surface area contributed by atoms with E-state index in [1.54, 1.807) is 6.92 Å². The maximum atomic E-state index is 11.5. The number of carbonyl (C=O) groups excluding carboxylic acids is 1. The minimum atomic E-state index is -2.89. The van der Waals surface area contributed by atoms with Crippen molar-refractivity contribution < 1.29 is 13.2 Å². The zero-order chi connectivity index (χ0) is 16.3. The van der Waals surface area contributed by atoms with E-state index < -0.39 is 9.84 Å². The molecule has 0 N–H and O–H groups in total. The molecule has 0 aromatic heterocycles. The lowest BCUT2D eigenvalue weighted by molar-refractivity contribution is -0.128. The van der Waals surface area contributed by atoms with Gasteiger partial charge in [0.1, 0.15) is 9.84 Å². The number of sulfone groups is 1. The van der Waals surface area contributed by atoms with Crippen molar-refractivity contribution in [2.24, 2.45) is 5.92 Å². The molecule has 2 rings (SSSR count). The first kappa shape index (κ1) is 17.7. The number of likely N-dealkylation sites (tertiary alicyclic amines) is 1. The highest BCUT2D eigenvalue weighted by molar-refractivity contribution is 7.90. The Morgan fingerprint density at radius 2 is 1.86 bits per heavy atom. The van der Waals surface area contributed by atoms with E-state index in [1.807, 2.05) is 4.90 Å². The molecular formula is C15H29N3O3S. The van der Waals surface area contributed by atoms with Crippen molar-refractivity contribution >= 4 is 15.7 Å². The van der Waals surface area contributed by atoms with Crippen LogP contribution in [0.25, 0.3) is 0 Å².